The lowest BCUT2D eigenvalue weighted by molar-refractivity contribution is -0.114. The number of hydrogen-bond acceptors (Lipinski definition) is 4. The third-order valence-electron chi connectivity index (χ3n) is 5.58. The van der Waals surface area contributed by atoms with Crippen LogP contribution in [0.4, 0.5) is 10.1 Å². The fourth-order valence-corrected chi connectivity index (χ4v) is 3.82. The number of halogens is 1. The summed E-state index contributed by atoms with van der Waals surface area (Å²) >= 11 is 0. The molecule has 1 amide bonds. The molecule has 6 nitrogen and oxygen atoms in total. The first-order valence-electron chi connectivity index (χ1n) is 10.9. The number of anilines is 1. The van der Waals surface area contributed by atoms with Gasteiger partial charge in [0.15, 0.2) is 0 Å². The molecule has 2 heterocycles. The molecular formula is C28H19FN2O4. The number of hydrogen-bond donors (Lipinski definition) is 1. The Kier molecular flexibility index (Phi) is 5.81. The molecule has 0 aliphatic carbocycles. The minimum absolute atomic E-state index is 0.112. The number of furan rings is 1. The molecular weight excluding hydrogens is 447 g/mol. The van der Waals surface area contributed by atoms with E-state index in [2.05, 4.69) is 5.10 Å². The summed E-state index contributed by atoms with van der Waals surface area (Å²) in [5.74, 6) is -1.09. The Balaban J connectivity index is 1.51. The predicted molar refractivity (Wildman–Crippen MR) is 131 cm³/mol. The van der Waals surface area contributed by atoms with Crippen LogP contribution in [0.1, 0.15) is 21.7 Å². The highest BCUT2D eigenvalue weighted by molar-refractivity contribution is 6.33. The summed E-state index contributed by atoms with van der Waals surface area (Å²) in [6, 6.07) is 25.2. The monoisotopic (exact) mass is 466 g/mol. The van der Waals surface area contributed by atoms with Gasteiger partial charge in [0.2, 0.25) is 0 Å². The molecule has 0 saturated carbocycles. The van der Waals surface area contributed by atoms with Gasteiger partial charge in [-0.25, -0.2) is 9.18 Å². The van der Waals surface area contributed by atoms with E-state index >= 15 is 0 Å². The molecule has 0 saturated heterocycles. The molecule has 1 aliphatic heterocycles. The van der Waals surface area contributed by atoms with E-state index in [0.717, 1.165) is 5.56 Å². The lowest BCUT2D eigenvalue weighted by atomic mass is 10.0. The molecule has 0 radical (unpaired) electrons. The molecule has 0 unspecified atom stereocenters. The summed E-state index contributed by atoms with van der Waals surface area (Å²) in [6.07, 6.45) is 2.00. The van der Waals surface area contributed by atoms with E-state index in [1.165, 1.54) is 35.3 Å². The summed E-state index contributed by atoms with van der Waals surface area (Å²) in [7, 11) is 0. The van der Waals surface area contributed by atoms with Crippen LogP contribution in [-0.2, 0) is 11.2 Å². The summed E-state index contributed by atoms with van der Waals surface area (Å²) in [5, 5.41) is 15.0. The van der Waals surface area contributed by atoms with Crippen LogP contribution >= 0.6 is 0 Å². The first kappa shape index (κ1) is 22.0. The van der Waals surface area contributed by atoms with E-state index in [9.17, 15) is 14.0 Å². The number of rotatable bonds is 6. The zero-order valence-electron chi connectivity index (χ0n) is 18.4. The van der Waals surface area contributed by atoms with Crippen molar-refractivity contribution < 1.29 is 23.5 Å². The van der Waals surface area contributed by atoms with Gasteiger partial charge >= 0.3 is 5.97 Å². The third-order valence-corrected chi connectivity index (χ3v) is 5.58. The van der Waals surface area contributed by atoms with Gasteiger partial charge in [-0.05, 0) is 60.2 Å². The van der Waals surface area contributed by atoms with Crippen LogP contribution in [0.15, 0.2) is 106 Å². The molecule has 7 heteroatoms. The molecule has 1 aliphatic rings. The van der Waals surface area contributed by atoms with Crippen LogP contribution in [-0.4, -0.2) is 22.7 Å². The molecule has 4 aromatic rings. The summed E-state index contributed by atoms with van der Waals surface area (Å²) in [4.78, 5) is 24.6. The summed E-state index contributed by atoms with van der Waals surface area (Å²) in [5.41, 5.74) is 2.73. The van der Waals surface area contributed by atoms with Crippen molar-refractivity contribution in [2.75, 3.05) is 5.01 Å². The number of nitrogens with zero attached hydrogens (tertiary/aromatic N) is 2. The number of carboxylic acids is 1. The number of carbonyl (C=O) groups is 2. The van der Waals surface area contributed by atoms with Gasteiger partial charge in [0.25, 0.3) is 5.91 Å². The minimum atomic E-state index is -1.05. The number of carbonyl (C=O) groups excluding carboxylic acids is 1. The fraction of sp³-hybridized carbons (Fsp3) is 0.0357. The van der Waals surface area contributed by atoms with Crippen molar-refractivity contribution in [1.29, 1.82) is 0 Å². The van der Waals surface area contributed by atoms with Gasteiger partial charge in [0.1, 0.15) is 17.3 Å². The van der Waals surface area contributed by atoms with E-state index in [0.29, 0.717) is 40.5 Å². The molecule has 1 N–H and O–H groups in total. The summed E-state index contributed by atoms with van der Waals surface area (Å²) in [6.45, 7) is 0. The quantitative estimate of drug-likeness (QED) is 0.364. The van der Waals surface area contributed by atoms with Gasteiger partial charge in [0, 0.05) is 6.42 Å². The standard InChI is InChI=1S/C28H19FN2O4/c29-24-9-5-4-8-22(24)26-15-14-21(35-26)17-23-25(16-18-6-2-1-3-7-18)30-31(27(23)32)20-12-10-19(11-13-20)28(33)34/h1-15,17H,16H2,(H,33,34). The van der Waals surface area contributed by atoms with E-state index in [-0.39, 0.29) is 11.5 Å². The normalized spacial score (nSPS) is 14.4. The van der Waals surface area contributed by atoms with Crippen LogP contribution in [0.2, 0.25) is 0 Å². The molecule has 0 atom stereocenters. The number of amides is 1. The molecule has 0 bridgehead atoms. The zero-order chi connectivity index (χ0) is 24.4. The Labute approximate surface area is 200 Å². The first-order valence-corrected chi connectivity index (χ1v) is 10.9. The average Bonchev–Trinajstić information content (AvgIpc) is 3.45. The van der Waals surface area contributed by atoms with Crippen molar-refractivity contribution in [2.45, 2.75) is 6.42 Å². The summed E-state index contributed by atoms with van der Waals surface area (Å²) < 4.78 is 20.0. The van der Waals surface area contributed by atoms with E-state index in [1.807, 2.05) is 30.3 Å². The minimum Gasteiger partial charge on any atom is -0.478 e. The van der Waals surface area contributed by atoms with Gasteiger partial charge in [0.05, 0.1) is 28.1 Å². The highest BCUT2D eigenvalue weighted by Crippen LogP contribution is 2.29. The fourth-order valence-electron chi connectivity index (χ4n) is 3.82. The molecule has 35 heavy (non-hydrogen) atoms. The number of hydrazone groups is 1. The largest absolute Gasteiger partial charge is 0.478 e. The first-order chi connectivity index (χ1) is 17.0. The average molecular weight is 466 g/mol. The molecule has 5 rings (SSSR count). The molecule has 3 aromatic carbocycles. The van der Waals surface area contributed by atoms with Crippen LogP contribution in [0.3, 0.4) is 0 Å². The lowest BCUT2D eigenvalue weighted by Gasteiger charge is -2.11. The van der Waals surface area contributed by atoms with E-state index < -0.39 is 11.8 Å². The predicted octanol–water partition coefficient (Wildman–Crippen LogP) is 5.81. The van der Waals surface area contributed by atoms with Crippen molar-refractivity contribution in [3.8, 4) is 11.3 Å². The SMILES string of the molecule is O=C(O)c1ccc(N2N=C(Cc3ccccc3)C(=Cc3ccc(-c4ccccc4F)o3)C2=O)cc1. The van der Waals surface area contributed by atoms with Crippen molar-refractivity contribution >= 4 is 29.4 Å². The second kappa shape index (κ2) is 9.23. The van der Waals surface area contributed by atoms with Gasteiger partial charge in [-0.1, -0.05) is 42.5 Å². The molecule has 0 fully saturated rings. The van der Waals surface area contributed by atoms with Crippen molar-refractivity contribution in [1.82, 2.24) is 0 Å². The lowest BCUT2D eigenvalue weighted by Crippen LogP contribution is -2.21. The maximum absolute atomic E-state index is 14.2. The van der Waals surface area contributed by atoms with Crippen molar-refractivity contribution in [3.05, 3.63) is 119 Å². The van der Waals surface area contributed by atoms with Crippen molar-refractivity contribution in [2.24, 2.45) is 5.10 Å². The van der Waals surface area contributed by atoms with Crippen LogP contribution in [0, 0.1) is 5.82 Å². The van der Waals surface area contributed by atoms with Crippen LogP contribution < -0.4 is 5.01 Å². The topological polar surface area (TPSA) is 83.1 Å². The highest BCUT2D eigenvalue weighted by Gasteiger charge is 2.31. The van der Waals surface area contributed by atoms with Crippen LogP contribution in [0.5, 0.6) is 0 Å². The smallest absolute Gasteiger partial charge is 0.335 e. The Morgan fingerprint density at radius 1 is 0.943 bits per heavy atom. The van der Waals surface area contributed by atoms with Gasteiger partial charge in [-0.2, -0.15) is 10.1 Å². The number of benzene rings is 3. The third kappa shape index (κ3) is 4.52. The Morgan fingerprint density at radius 2 is 1.66 bits per heavy atom. The van der Waals surface area contributed by atoms with Crippen molar-refractivity contribution in [3.63, 3.8) is 0 Å². The Hall–Kier alpha value is -4.78. The zero-order valence-corrected chi connectivity index (χ0v) is 18.4. The Morgan fingerprint density at radius 3 is 2.37 bits per heavy atom. The van der Waals surface area contributed by atoms with Crippen LogP contribution in [0.25, 0.3) is 17.4 Å². The van der Waals surface area contributed by atoms with Gasteiger partial charge in [-0.15, -0.1) is 0 Å². The number of carboxylic acid groups (broad SMARTS) is 1. The Bertz CT molecular complexity index is 1470. The van der Waals surface area contributed by atoms with Gasteiger partial charge < -0.3 is 9.52 Å². The molecule has 172 valence electrons. The van der Waals surface area contributed by atoms with E-state index in [1.54, 1.807) is 36.4 Å². The number of aromatic carboxylic acids is 1. The molecule has 1 aromatic heterocycles. The second-order valence-corrected chi connectivity index (χ2v) is 7.92. The highest BCUT2D eigenvalue weighted by atomic mass is 19.1. The maximum Gasteiger partial charge on any atom is 0.335 e. The molecule has 0 spiro atoms. The second-order valence-electron chi connectivity index (χ2n) is 7.92. The maximum atomic E-state index is 14.2. The van der Waals surface area contributed by atoms with Gasteiger partial charge in [-0.3, -0.25) is 4.79 Å². The van der Waals surface area contributed by atoms with E-state index in [4.69, 9.17) is 9.52 Å².